The first-order chi connectivity index (χ1) is 21.1. The lowest BCUT2D eigenvalue weighted by Gasteiger charge is -2.51. The summed E-state index contributed by atoms with van der Waals surface area (Å²) in [5, 5.41) is 5.46. The number of aryl methyl sites for hydroxylation is 1. The van der Waals surface area contributed by atoms with E-state index in [2.05, 4.69) is 68.7 Å². The maximum Gasteiger partial charge on any atom is 0.246 e. The van der Waals surface area contributed by atoms with Gasteiger partial charge in [-0.1, -0.05) is 66.7 Å². The van der Waals surface area contributed by atoms with Crippen molar-refractivity contribution in [3.63, 3.8) is 0 Å². The molecule has 220 valence electrons. The van der Waals surface area contributed by atoms with Crippen molar-refractivity contribution in [2.24, 2.45) is 0 Å². The molecule has 5 aromatic rings. The summed E-state index contributed by atoms with van der Waals surface area (Å²) in [4.78, 5) is 39.5. The van der Waals surface area contributed by atoms with E-state index in [0.29, 0.717) is 32.2 Å². The number of hydrogen-bond acceptors (Lipinski definition) is 3. The molecule has 2 aliphatic rings. The third-order valence-corrected chi connectivity index (χ3v) is 9.65. The van der Waals surface area contributed by atoms with Gasteiger partial charge in [-0.2, -0.15) is 0 Å². The van der Waals surface area contributed by atoms with Crippen molar-refractivity contribution in [3.8, 4) is 0 Å². The summed E-state index contributed by atoms with van der Waals surface area (Å²) in [6.45, 7) is 3.14. The molecule has 7 nitrogen and oxygen atoms in total. The lowest BCUT2D eigenvalue weighted by Crippen LogP contribution is -2.73. The zero-order chi connectivity index (χ0) is 29.2. The molecule has 0 bridgehead atoms. The number of piperidine rings is 1. The van der Waals surface area contributed by atoms with Crippen LogP contribution in [0.4, 0.5) is 0 Å². The number of aromatic amines is 2. The van der Waals surface area contributed by atoms with Gasteiger partial charge in [0.15, 0.2) is 0 Å². The van der Waals surface area contributed by atoms with Gasteiger partial charge in [-0.15, -0.1) is 0 Å². The lowest BCUT2D eigenvalue weighted by molar-refractivity contribution is -0.161. The SMILES string of the molecule is O=C1C(Cc2c[nH]c3ccccc23)NC(=O)C2(CCN(CCCc3ccccc3)CC2)N1CCc1c[nH]c2ccccc12. The first-order valence-corrected chi connectivity index (χ1v) is 15.6. The van der Waals surface area contributed by atoms with Crippen molar-refractivity contribution >= 4 is 33.6 Å². The van der Waals surface area contributed by atoms with E-state index in [4.69, 9.17) is 0 Å². The van der Waals surface area contributed by atoms with Crippen molar-refractivity contribution in [1.29, 1.82) is 0 Å². The van der Waals surface area contributed by atoms with E-state index in [0.717, 1.165) is 54.5 Å². The summed E-state index contributed by atoms with van der Waals surface area (Å²) < 4.78 is 0. The normalized spacial score (nSPS) is 19.0. The minimum absolute atomic E-state index is 0.000182. The van der Waals surface area contributed by atoms with Crippen molar-refractivity contribution < 1.29 is 9.59 Å². The van der Waals surface area contributed by atoms with Gasteiger partial charge < -0.3 is 25.1 Å². The summed E-state index contributed by atoms with van der Waals surface area (Å²) in [5.74, 6) is 0.0297. The largest absolute Gasteiger partial charge is 0.361 e. The van der Waals surface area contributed by atoms with Crippen LogP contribution in [-0.4, -0.2) is 69.3 Å². The molecule has 3 aromatic carbocycles. The van der Waals surface area contributed by atoms with Crippen LogP contribution in [0.1, 0.15) is 36.0 Å². The molecule has 1 spiro atoms. The Morgan fingerprint density at radius 3 is 2.07 bits per heavy atom. The fourth-order valence-corrected chi connectivity index (χ4v) is 7.22. The highest BCUT2D eigenvalue weighted by Crippen LogP contribution is 2.35. The second-order valence-corrected chi connectivity index (χ2v) is 12.2. The fourth-order valence-electron chi connectivity index (χ4n) is 7.22. The molecular formula is C36H39N5O2. The minimum Gasteiger partial charge on any atom is -0.361 e. The van der Waals surface area contributed by atoms with Gasteiger partial charge in [-0.05, 0) is 67.5 Å². The molecule has 0 aliphatic carbocycles. The zero-order valence-electron chi connectivity index (χ0n) is 24.5. The van der Waals surface area contributed by atoms with Gasteiger partial charge in [-0.25, -0.2) is 0 Å². The molecule has 2 aromatic heterocycles. The summed E-state index contributed by atoms with van der Waals surface area (Å²) >= 11 is 0. The quantitative estimate of drug-likeness (QED) is 0.226. The van der Waals surface area contributed by atoms with E-state index in [1.54, 1.807) is 0 Å². The average Bonchev–Trinajstić information content (AvgIpc) is 3.65. The Balaban J connectivity index is 1.10. The van der Waals surface area contributed by atoms with E-state index >= 15 is 0 Å². The molecule has 4 heterocycles. The maximum absolute atomic E-state index is 14.3. The fraction of sp³-hybridized carbons (Fsp3) is 0.333. The van der Waals surface area contributed by atoms with Crippen LogP contribution >= 0.6 is 0 Å². The Labute approximate surface area is 252 Å². The number of fused-ring (bicyclic) bond motifs is 2. The number of benzene rings is 3. The number of H-pyrrole nitrogens is 2. The van der Waals surface area contributed by atoms with Gasteiger partial charge in [-0.3, -0.25) is 9.59 Å². The van der Waals surface area contributed by atoms with Crippen molar-refractivity contribution in [3.05, 3.63) is 108 Å². The van der Waals surface area contributed by atoms with Crippen LogP contribution in [0.2, 0.25) is 0 Å². The van der Waals surface area contributed by atoms with Crippen LogP contribution in [0.25, 0.3) is 21.8 Å². The van der Waals surface area contributed by atoms with E-state index < -0.39 is 11.6 Å². The number of nitrogens with zero attached hydrogens (tertiary/aromatic N) is 2. The zero-order valence-corrected chi connectivity index (χ0v) is 24.5. The van der Waals surface area contributed by atoms with Gasteiger partial charge >= 0.3 is 0 Å². The number of piperazine rings is 1. The van der Waals surface area contributed by atoms with Crippen LogP contribution < -0.4 is 5.32 Å². The highest BCUT2D eigenvalue weighted by molar-refractivity contribution is 6.00. The molecule has 43 heavy (non-hydrogen) atoms. The summed E-state index contributed by atoms with van der Waals surface area (Å²) in [7, 11) is 0. The molecule has 7 heteroatoms. The van der Waals surface area contributed by atoms with Gasteiger partial charge in [0.2, 0.25) is 11.8 Å². The van der Waals surface area contributed by atoms with Gasteiger partial charge in [0.25, 0.3) is 0 Å². The maximum atomic E-state index is 14.3. The average molecular weight is 574 g/mol. The molecule has 7 rings (SSSR count). The third kappa shape index (κ3) is 5.34. The second-order valence-electron chi connectivity index (χ2n) is 12.2. The third-order valence-electron chi connectivity index (χ3n) is 9.65. The van der Waals surface area contributed by atoms with Crippen molar-refractivity contribution in [1.82, 2.24) is 25.1 Å². The number of para-hydroxylation sites is 2. The molecule has 3 N–H and O–H groups in total. The molecule has 0 saturated carbocycles. The summed E-state index contributed by atoms with van der Waals surface area (Å²) in [6.07, 6.45) is 8.63. The standard InChI is InChI=1S/C36H39N5O2/c42-34-33(23-28-25-38-32-15-7-5-13-30(28)32)39-35(43)36(41(34)20-16-27-24-37-31-14-6-4-12-29(27)31)17-21-40(22-18-36)19-8-11-26-9-2-1-3-10-26/h1-7,9-10,12-15,24-25,33,37-38H,8,11,16-23H2,(H,39,43). The van der Waals surface area contributed by atoms with E-state index in [1.807, 2.05) is 47.6 Å². The molecule has 0 radical (unpaired) electrons. The number of carbonyl (C=O) groups is 2. The number of likely N-dealkylation sites (tertiary alicyclic amines) is 1. The van der Waals surface area contributed by atoms with Crippen LogP contribution in [0, 0.1) is 0 Å². The lowest BCUT2D eigenvalue weighted by atomic mass is 9.80. The molecule has 2 aliphatic heterocycles. The Bertz CT molecular complexity index is 1730. The van der Waals surface area contributed by atoms with Gasteiger partial charge in [0.05, 0.1) is 0 Å². The van der Waals surface area contributed by atoms with Crippen LogP contribution in [0.15, 0.2) is 91.3 Å². The van der Waals surface area contributed by atoms with E-state index in [1.165, 1.54) is 16.5 Å². The Morgan fingerprint density at radius 2 is 1.35 bits per heavy atom. The second kappa shape index (κ2) is 11.7. The Hall–Kier alpha value is -4.36. The number of nitrogens with one attached hydrogen (secondary N) is 3. The van der Waals surface area contributed by atoms with Crippen molar-refractivity contribution in [2.45, 2.75) is 50.1 Å². The molecule has 1 atom stereocenters. The summed E-state index contributed by atoms with van der Waals surface area (Å²) in [5.41, 5.74) is 4.91. The molecule has 2 fully saturated rings. The van der Waals surface area contributed by atoms with E-state index in [-0.39, 0.29) is 11.8 Å². The van der Waals surface area contributed by atoms with Gasteiger partial charge in [0, 0.05) is 60.3 Å². The molecule has 2 amide bonds. The molecular weight excluding hydrogens is 534 g/mol. The number of rotatable bonds is 9. The smallest absolute Gasteiger partial charge is 0.246 e. The number of carbonyl (C=O) groups excluding carboxylic acids is 2. The van der Waals surface area contributed by atoms with Crippen molar-refractivity contribution in [2.75, 3.05) is 26.2 Å². The van der Waals surface area contributed by atoms with Crippen LogP contribution in [0.3, 0.4) is 0 Å². The predicted molar refractivity (Wildman–Crippen MR) is 171 cm³/mol. The predicted octanol–water partition coefficient (Wildman–Crippen LogP) is 5.23. The monoisotopic (exact) mass is 573 g/mol. The first kappa shape index (κ1) is 27.5. The number of aromatic nitrogens is 2. The number of amides is 2. The van der Waals surface area contributed by atoms with Gasteiger partial charge in [0.1, 0.15) is 11.6 Å². The number of hydrogen-bond donors (Lipinski definition) is 3. The Kier molecular flexibility index (Phi) is 7.49. The Morgan fingerprint density at radius 1 is 0.721 bits per heavy atom. The highest BCUT2D eigenvalue weighted by atomic mass is 16.2. The highest BCUT2D eigenvalue weighted by Gasteiger charge is 2.53. The minimum atomic E-state index is -0.810. The summed E-state index contributed by atoms with van der Waals surface area (Å²) in [6, 6.07) is 26.4. The molecule has 1 unspecified atom stereocenters. The molecule has 2 saturated heterocycles. The van der Waals surface area contributed by atoms with Crippen LogP contribution in [0.5, 0.6) is 0 Å². The first-order valence-electron chi connectivity index (χ1n) is 15.6. The van der Waals surface area contributed by atoms with Crippen LogP contribution in [-0.2, 0) is 28.9 Å². The topological polar surface area (TPSA) is 84.2 Å². The van der Waals surface area contributed by atoms with E-state index in [9.17, 15) is 9.59 Å².